The first-order chi connectivity index (χ1) is 15.3. The highest BCUT2D eigenvalue weighted by atomic mass is 16.6. The number of para-hydroxylation sites is 2. The molecule has 2 aromatic carbocycles. The Morgan fingerprint density at radius 3 is 2.78 bits per heavy atom. The van der Waals surface area contributed by atoms with Crippen LogP contribution in [0.4, 0.5) is 11.7 Å². The molecule has 0 saturated carbocycles. The Bertz CT molecular complexity index is 1290. The Kier molecular flexibility index (Phi) is 4.54. The van der Waals surface area contributed by atoms with Crippen LogP contribution in [0.15, 0.2) is 69.2 Å². The Morgan fingerprint density at radius 2 is 2.00 bits per heavy atom. The summed E-state index contributed by atoms with van der Waals surface area (Å²) in [4.78, 5) is 33.0. The number of aliphatic imine (C=N–C) groups is 1. The third-order valence-corrected chi connectivity index (χ3v) is 5.64. The second-order valence-corrected chi connectivity index (χ2v) is 8.80. The molecule has 5 rings (SSSR count). The molecular formula is C23H21N5O4. The van der Waals surface area contributed by atoms with Gasteiger partial charge in [0, 0.05) is 29.8 Å². The largest absolute Gasteiger partial charge is 0.423 e. The average Bonchev–Trinajstić information content (AvgIpc) is 3.14. The number of hydrogen-bond acceptors (Lipinski definition) is 8. The highest BCUT2D eigenvalue weighted by molar-refractivity contribution is 6.03. The summed E-state index contributed by atoms with van der Waals surface area (Å²) < 4.78 is 5.75. The lowest BCUT2D eigenvalue weighted by molar-refractivity contribution is -0.384. The summed E-state index contributed by atoms with van der Waals surface area (Å²) in [5, 5.41) is 17.6. The molecule has 9 nitrogen and oxygen atoms in total. The van der Waals surface area contributed by atoms with Gasteiger partial charge in [-0.2, -0.15) is 4.98 Å². The normalized spacial score (nSPS) is 19.9. The molecule has 162 valence electrons. The fraction of sp³-hybridized carbons (Fsp3) is 0.261. The van der Waals surface area contributed by atoms with Gasteiger partial charge in [-0.25, -0.2) is 4.99 Å². The fourth-order valence-electron chi connectivity index (χ4n) is 4.27. The lowest BCUT2D eigenvalue weighted by atomic mass is 9.73. The number of aromatic nitrogens is 1. The highest BCUT2D eigenvalue weighted by Gasteiger charge is 2.39. The van der Waals surface area contributed by atoms with E-state index in [1.165, 1.54) is 12.1 Å². The van der Waals surface area contributed by atoms with E-state index in [0.29, 0.717) is 41.0 Å². The molecule has 2 heterocycles. The molecule has 3 aromatic rings. The number of rotatable bonds is 3. The molecule has 2 aliphatic rings. The van der Waals surface area contributed by atoms with Gasteiger partial charge < -0.3 is 9.73 Å². The second-order valence-electron chi connectivity index (χ2n) is 8.80. The van der Waals surface area contributed by atoms with Crippen molar-refractivity contribution in [2.24, 2.45) is 10.4 Å². The first-order valence-electron chi connectivity index (χ1n) is 10.3. The summed E-state index contributed by atoms with van der Waals surface area (Å²) in [5.41, 5.74) is 2.97. The van der Waals surface area contributed by atoms with Crippen LogP contribution in [0.2, 0.25) is 0 Å². The molecule has 0 amide bonds. The van der Waals surface area contributed by atoms with Crippen molar-refractivity contribution in [2.45, 2.75) is 32.7 Å². The average molecular weight is 431 g/mol. The van der Waals surface area contributed by atoms with Crippen LogP contribution in [-0.2, 0) is 4.79 Å². The highest BCUT2D eigenvalue weighted by Crippen LogP contribution is 2.43. The molecule has 9 heteroatoms. The first kappa shape index (κ1) is 19.9. The Balaban J connectivity index is 1.56. The summed E-state index contributed by atoms with van der Waals surface area (Å²) >= 11 is 0. The zero-order chi connectivity index (χ0) is 22.5. The van der Waals surface area contributed by atoms with Crippen molar-refractivity contribution < 1.29 is 14.1 Å². The van der Waals surface area contributed by atoms with Gasteiger partial charge in [-0.3, -0.25) is 20.2 Å². The number of hydrogen-bond donors (Lipinski definition) is 2. The molecule has 1 atom stereocenters. The molecule has 1 aliphatic carbocycles. The Labute approximate surface area is 183 Å². The van der Waals surface area contributed by atoms with Crippen molar-refractivity contribution in [3.8, 4) is 0 Å². The maximum absolute atomic E-state index is 13.1. The van der Waals surface area contributed by atoms with Crippen LogP contribution in [0, 0.1) is 15.5 Å². The number of nitrogens with zero attached hydrogens (tertiary/aromatic N) is 3. The van der Waals surface area contributed by atoms with E-state index < -0.39 is 11.0 Å². The van der Waals surface area contributed by atoms with Crippen molar-refractivity contribution in [2.75, 3.05) is 5.32 Å². The number of nitro benzene ring substituents is 1. The minimum atomic E-state index is -0.665. The maximum Gasteiger partial charge on any atom is 0.302 e. The van der Waals surface area contributed by atoms with Crippen LogP contribution in [0.25, 0.3) is 11.1 Å². The van der Waals surface area contributed by atoms with Gasteiger partial charge >= 0.3 is 6.01 Å². The number of carbonyl (C=O) groups is 1. The smallest absolute Gasteiger partial charge is 0.302 e. The van der Waals surface area contributed by atoms with Crippen LogP contribution < -0.4 is 10.6 Å². The van der Waals surface area contributed by atoms with E-state index >= 15 is 0 Å². The number of benzene rings is 2. The molecule has 0 saturated heterocycles. The molecule has 32 heavy (non-hydrogen) atoms. The van der Waals surface area contributed by atoms with Crippen LogP contribution in [0.3, 0.4) is 0 Å². The monoisotopic (exact) mass is 431 g/mol. The molecule has 0 unspecified atom stereocenters. The van der Waals surface area contributed by atoms with E-state index in [2.05, 4.69) is 15.6 Å². The third kappa shape index (κ3) is 3.62. The third-order valence-electron chi connectivity index (χ3n) is 5.64. The quantitative estimate of drug-likeness (QED) is 0.463. The fourth-order valence-corrected chi connectivity index (χ4v) is 4.27. The Morgan fingerprint density at radius 1 is 1.19 bits per heavy atom. The number of guanidine groups is 1. The van der Waals surface area contributed by atoms with E-state index in [9.17, 15) is 14.9 Å². The molecule has 1 aromatic heterocycles. The van der Waals surface area contributed by atoms with Crippen LogP contribution in [0.5, 0.6) is 0 Å². The molecule has 0 fully saturated rings. The van der Waals surface area contributed by atoms with Crippen LogP contribution in [0.1, 0.15) is 38.3 Å². The molecule has 2 N–H and O–H groups in total. The number of oxazole rings is 1. The lowest BCUT2D eigenvalue weighted by Crippen LogP contribution is -2.41. The molecule has 0 radical (unpaired) electrons. The summed E-state index contributed by atoms with van der Waals surface area (Å²) in [6, 6.07) is 13.2. The van der Waals surface area contributed by atoms with Crippen molar-refractivity contribution >= 4 is 34.5 Å². The minimum Gasteiger partial charge on any atom is -0.423 e. The van der Waals surface area contributed by atoms with Gasteiger partial charge in [0.1, 0.15) is 11.6 Å². The zero-order valence-electron chi connectivity index (χ0n) is 17.6. The van der Waals surface area contributed by atoms with Gasteiger partial charge in [-0.15, -0.1) is 0 Å². The van der Waals surface area contributed by atoms with Gasteiger partial charge in [0.15, 0.2) is 11.4 Å². The summed E-state index contributed by atoms with van der Waals surface area (Å²) in [6.07, 6.45) is 1.04. The molecule has 1 aliphatic heterocycles. The van der Waals surface area contributed by atoms with Crippen LogP contribution in [-0.4, -0.2) is 21.7 Å². The minimum absolute atomic E-state index is 0.00933. The van der Waals surface area contributed by atoms with Crippen molar-refractivity contribution in [3.05, 3.63) is 75.5 Å². The lowest BCUT2D eigenvalue weighted by Gasteiger charge is -2.37. The number of ketones is 1. The maximum atomic E-state index is 13.1. The molecule has 0 bridgehead atoms. The van der Waals surface area contributed by atoms with E-state index in [4.69, 9.17) is 9.41 Å². The van der Waals surface area contributed by atoms with Gasteiger partial charge in [0.25, 0.3) is 5.69 Å². The summed E-state index contributed by atoms with van der Waals surface area (Å²) in [7, 11) is 0. The number of nitrogens with one attached hydrogen (secondary N) is 2. The topological polar surface area (TPSA) is 123 Å². The second kappa shape index (κ2) is 7.30. The number of anilines is 1. The van der Waals surface area contributed by atoms with E-state index in [1.54, 1.807) is 12.1 Å². The summed E-state index contributed by atoms with van der Waals surface area (Å²) in [6.45, 7) is 4.08. The number of nitro groups is 1. The van der Waals surface area contributed by atoms with Crippen molar-refractivity contribution in [3.63, 3.8) is 0 Å². The van der Waals surface area contributed by atoms with Crippen molar-refractivity contribution in [1.29, 1.82) is 0 Å². The standard InChI is InChI=1S/C23H21N5O4/c1-23(2)11-16-19(17(29)12-23)20(13-6-5-7-14(10-13)28(30)31)26-21(24-16)27-22-25-15-8-3-4-9-18(15)32-22/h3-10,20H,11-12H2,1-2H3,(H2,24,25,26,27)/t20-/m0/s1. The molecular weight excluding hydrogens is 410 g/mol. The van der Waals surface area contributed by atoms with E-state index in [0.717, 1.165) is 5.70 Å². The number of Topliss-reactive ketones (excluding diaryl/α,β-unsaturated/α-hetero) is 1. The first-order valence-corrected chi connectivity index (χ1v) is 10.3. The van der Waals surface area contributed by atoms with Crippen LogP contribution >= 0.6 is 0 Å². The van der Waals surface area contributed by atoms with Gasteiger partial charge in [0.2, 0.25) is 5.96 Å². The number of carbonyl (C=O) groups excluding carboxylic acids is 1. The van der Waals surface area contributed by atoms with Gasteiger partial charge in [-0.1, -0.05) is 38.1 Å². The Hall–Kier alpha value is -4.01. The summed E-state index contributed by atoms with van der Waals surface area (Å²) in [5.74, 6) is 0.363. The predicted octanol–water partition coefficient (Wildman–Crippen LogP) is 4.49. The predicted molar refractivity (Wildman–Crippen MR) is 119 cm³/mol. The SMILES string of the molecule is CC1(C)CC(=O)C2=C(C1)NC(Nc1nc3ccccc3o1)=N[C@H]2c1cccc([N+](=O)[O-])c1. The van der Waals surface area contributed by atoms with E-state index in [1.807, 2.05) is 38.1 Å². The number of allylic oxidation sites excluding steroid dienone is 1. The molecule has 0 spiro atoms. The van der Waals surface area contributed by atoms with Gasteiger partial charge in [-0.05, 0) is 29.5 Å². The van der Waals surface area contributed by atoms with E-state index in [-0.39, 0.29) is 22.9 Å². The number of fused-ring (bicyclic) bond motifs is 1. The zero-order valence-corrected chi connectivity index (χ0v) is 17.6. The number of non-ortho nitro benzene ring substituents is 1. The van der Waals surface area contributed by atoms with Gasteiger partial charge in [0.05, 0.1) is 4.92 Å². The van der Waals surface area contributed by atoms with Crippen molar-refractivity contribution in [1.82, 2.24) is 10.3 Å².